The number of aromatic nitrogens is 2. The van der Waals surface area contributed by atoms with Gasteiger partial charge in [-0.1, -0.05) is 0 Å². The van der Waals surface area contributed by atoms with Crippen LogP contribution in [0.25, 0.3) is 0 Å². The fraction of sp³-hybridized carbons (Fsp3) is 0.692. The second-order valence-electron chi connectivity index (χ2n) is 5.24. The standard InChI is InChI=1S/C13H19N3O3/c17-13(18)12-10(19-9-4-1-2-5-9)8-15-16(12)11-6-3-7-14-11/h8-9,11,14H,1-7H2,(H,17,18). The highest BCUT2D eigenvalue weighted by molar-refractivity contribution is 5.88. The summed E-state index contributed by atoms with van der Waals surface area (Å²) in [6.07, 6.45) is 7.95. The molecule has 0 bridgehead atoms. The fourth-order valence-corrected chi connectivity index (χ4v) is 2.93. The van der Waals surface area contributed by atoms with Gasteiger partial charge in [0.2, 0.25) is 0 Å². The van der Waals surface area contributed by atoms with Crippen LogP contribution < -0.4 is 10.1 Å². The Hall–Kier alpha value is -1.56. The van der Waals surface area contributed by atoms with Gasteiger partial charge >= 0.3 is 5.97 Å². The van der Waals surface area contributed by atoms with Crippen LogP contribution in [-0.2, 0) is 0 Å². The van der Waals surface area contributed by atoms with Crippen molar-refractivity contribution in [3.05, 3.63) is 11.9 Å². The summed E-state index contributed by atoms with van der Waals surface area (Å²) in [7, 11) is 0. The van der Waals surface area contributed by atoms with Gasteiger partial charge in [0.25, 0.3) is 0 Å². The number of rotatable bonds is 4. The molecule has 19 heavy (non-hydrogen) atoms. The molecule has 1 atom stereocenters. The van der Waals surface area contributed by atoms with Gasteiger partial charge < -0.3 is 9.84 Å². The summed E-state index contributed by atoms with van der Waals surface area (Å²) in [6.45, 7) is 0.905. The zero-order valence-electron chi connectivity index (χ0n) is 10.8. The molecule has 1 aromatic heterocycles. The second kappa shape index (κ2) is 5.21. The Labute approximate surface area is 111 Å². The molecule has 6 nitrogen and oxygen atoms in total. The maximum atomic E-state index is 11.5. The quantitative estimate of drug-likeness (QED) is 0.868. The van der Waals surface area contributed by atoms with Gasteiger partial charge in [-0.05, 0) is 45.1 Å². The molecule has 1 aromatic rings. The van der Waals surface area contributed by atoms with Crippen LogP contribution >= 0.6 is 0 Å². The molecule has 2 N–H and O–H groups in total. The normalized spacial score (nSPS) is 23.9. The Morgan fingerprint density at radius 3 is 2.79 bits per heavy atom. The summed E-state index contributed by atoms with van der Waals surface area (Å²) in [6, 6.07) is 0. The van der Waals surface area contributed by atoms with E-state index in [-0.39, 0.29) is 18.0 Å². The number of aromatic carboxylic acids is 1. The van der Waals surface area contributed by atoms with Crippen molar-refractivity contribution < 1.29 is 14.6 Å². The lowest BCUT2D eigenvalue weighted by Crippen LogP contribution is -2.25. The predicted molar refractivity (Wildman–Crippen MR) is 68.3 cm³/mol. The van der Waals surface area contributed by atoms with E-state index < -0.39 is 5.97 Å². The zero-order valence-corrected chi connectivity index (χ0v) is 10.8. The first-order valence-electron chi connectivity index (χ1n) is 6.96. The van der Waals surface area contributed by atoms with Crippen LogP contribution in [0.5, 0.6) is 5.75 Å². The summed E-state index contributed by atoms with van der Waals surface area (Å²) in [5.74, 6) is -0.563. The zero-order chi connectivity index (χ0) is 13.2. The number of nitrogens with one attached hydrogen (secondary N) is 1. The van der Waals surface area contributed by atoms with Gasteiger partial charge in [-0.2, -0.15) is 5.10 Å². The van der Waals surface area contributed by atoms with Gasteiger partial charge in [-0.3, -0.25) is 5.32 Å². The third kappa shape index (κ3) is 2.45. The van der Waals surface area contributed by atoms with Crippen LogP contribution in [-0.4, -0.2) is 33.5 Å². The minimum atomic E-state index is -0.973. The highest BCUT2D eigenvalue weighted by Crippen LogP contribution is 2.29. The average Bonchev–Trinajstić information content (AvgIpc) is 3.09. The van der Waals surface area contributed by atoms with E-state index in [2.05, 4.69) is 10.4 Å². The highest BCUT2D eigenvalue weighted by Gasteiger charge is 2.28. The highest BCUT2D eigenvalue weighted by atomic mass is 16.5. The molecule has 0 amide bonds. The lowest BCUT2D eigenvalue weighted by atomic mass is 10.3. The Morgan fingerprint density at radius 1 is 1.37 bits per heavy atom. The molecule has 2 fully saturated rings. The van der Waals surface area contributed by atoms with Gasteiger partial charge in [0.15, 0.2) is 11.4 Å². The van der Waals surface area contributed by atoms with Gasteiger partial charge in [-0.25, -0.2) is 9.48 Å². The van der Waals surface area contributed by atoms with Gasteiger partial charge in [0, 0.05) is 0 Å². The smallest absolute Gasteiger partial charge is 0.358 e. The van der Waals surface area contributed by atoms with Crippen molar-refractivity contribution in [2.24, 2.45) is 0 Å². The Balaban J connectivity index is 1.84. The minimum Gasteiger partial charge on any atom is -0.486 e. The van der Waals surface area contributed by atoms with E-state index in [0.717, 1.165) is 45.1 Å². The van der Waals surface area contributed by atoms with Crippen molar-refractivity contribution in [1.82, 2.24) is 15.1 Å². The molecule has 0 spiro atoms. The molecule has 1 aliphatic carbocycles. The van der Waals surface area contributed by atoms with E-state index in [4.69, 9.17) is 4.74 Å². The fourth-order valence-electron chi connectivity index (χ4n) is 2.93. The topological polar surface area (TPSA) is 76.4 Å². The van der Waals surface area contributed by atoms with Crippen molar-refractivity contribution in [1.29, 1.82) is 0 Å². The van der Waals surface area contributed by atoms with Crippen molar-refractivity contribution >= 4 is 5.97 Å². The van der Waals surface area contributed by atoms with Gasteiger partial charge in [-0.15, -0.1) is 0 Å². The van der Waals surface area contributed by atoms with Crippen LogP contribution in [0.4, 0.5) is 0 Å². The van der Waals surface area contributed by atoms with E-state index >= 15 is 0 Å². The summed E-state index contributed by atoms with van der Waals surface area (Å²) < 4.78 is 7.37. The van der Waals surface area contributed by atoms with Crippen molar-refractivity contribution in [3.8, 4) is 5.75 Å². The molecule has 2 heterocycles. The number of nitrogens with zero attached hydrogens (tertiary/aromatic N) is 2. The number of carbonyl (C=O) groups is 1. The lowest BCUT2D eigenvalue weighted by molar-refractivity contribution is 0.0671. The molecular weight excluding hydrogens is 246 g/mol. The number of hydrogen-bond donors (Lipinski definition) is 2. The first-order chi connectivity index (χ1) is 9.25. The van der Waals surface area contributed by atoms with Crippen LogP contribution in [0.2, 0.25) is 0 Å². The first-order valence-corrected chi connectivity index (χ1v) is 6.96. The summed E-state index contributed by atoms with van der Waals surface area (Å²) in [5.41, 5.74) is 0.172. The minimum absolute atomic E-state index is 0.0213. The molecule has 104 valence electrons. The predicted octanol–water partition coefficient (Wildman–Crippen LogP) is 1.78. The van der Waals surface area contributed by atoms with E-state index in [1.165, 1.54) is 0 Å². The Bertz CT molecular complexity index is 460. The maximum Gasteiger partial charge on any atom is 0.358 e. The third-order valence-corrected chi connectivity index (χ3v) is 3.89. The molecular formula is C13H19N3O3. The largest absolute Gasteiger partial charge is 0.486 e. The number of carboxylic acids is 1. The van der Waals surface area contributed by atoms with Crippen molar-refractivity contribution in [2.75, 3.05) is 6.54 Å². The number of hydrogen-bond acceptors (Lipinski definition) is 4. The summed E-state index contributed by atoms with van der Waals surface area (Å²) in [4.78, 5) is 11.5. The summed E-state index contributed by atoms with van der Waals surface area (Å²) >= 11 is 0. The molecule has 0 aromatic carbocycles. The molecule has 1 saturated heterocycles. The molecule has 2 aliphatic rings. The van der Waals surface area contributed by atoms with Gasteiger partial charge in [0.05, 0.1) is 12.3 Å². The maximum absolute atomic E-state index is 11.5. The van der Waals surface area contributed by atoms with E-state index in [9.17, 15) is 9.90 Å². The Kier molecular flexibility index (Phi) is 3.42. The molecule has 6 heteroatoms. The molecule has 1 unspecified atom stereocenters. The van der Waals surface area contributed by atoms with Crippen LogP contribution in [0.3, 0.4) is 0 Å². The monoisotopic (exact) mass is 265 g/mol. The van der Waals surface area contributed by atoms with Crippen LogP contribution in [0.1, 0.15) is 55.2 Å². The molecule has 0 radical (unpaired) electrons. The average molecular weight is 265 g/mol. The van der Waals surface area contributed by atoms with Crippen LogP contribution in [0.15, 0.2) is 6.20 Å². The van der Waals surface area contributed by atoms with Gasteiger partial charge in [0.1, 0.15) is 6.17 Å². The SMILES string of the molecule is O=C(O)c1c(OC2CCCC2)cnn1C1CCCN1. The van der Waals surface area contributed by atoms with E-state index in [0.29, 0.717) is 5.75 Å². The summed E-state index contributed by atoms with van der Waals surface area (Å²) in [5, 5.41) is 16.9. The lowest BCUT2D eigenvalue weighted by Gasteiger charge is -2.15. The van der Waals surface area contributed by atoms with E-state index in [1.54, 1.807) is 10.9 Å². The van der Waals surface area contributed by atoms with E-state index in [1.807, 2.05) is 0 Å². The number of carboxylic acid groups (broad SMARTS) is 1. The third-order valence-electron chi connectivity index (χ3n) is 3.89. The van der Waals surface area contributed by atoms with Crippen molar-refractivity contribution in [2.45, 2.75) is 50.8 Å². The number of ether oxygens (including phenoxy) is 1. The second-order valence-corrected chi connectivity index (χ2v) is 5.24. The molecule has 1 aliphatic heterocycles. The van der Waals surface area contributed by atoms with Crippen LogP contribution in [0, 0.1) is 0 Å². The Morgan fingerprint density at radius 2 is 2.16 bits per heavy atom. The molecule has 3 rings (SSSR count). The molecule has 1 saturated carbocycles. The first kappa shape index (κ1) is 12.5. The van der Waals surface area contributed by atoms with Crippen molar-refractivity contribution in [3.63, 3.8) is 0 Å².